The van der Waals surface area contributed by atoms with Crippen molar-refractivity contribution in [3.63, 3.8) is 0 Å². The minimum absolute atomic E-state index is 0.0636. The predicted octanol–water partition coefficient (Wildman–Crippen LogP) is 2.91. The molecule has 0 spiro atoms. The number of hydrogen-bond acceptors (Lipinski definition) is 3. The summed E-state index contributed by atoms with van der Waals surface area (Å²) in [5.74, 6) is 2.34. The van der Waals surface area contributed by atoms with Gasteiger partial charge in [-0.2, -0.15) is 0 Å². The van der Waals surface area contributed by atoms with Crippen LogP contribution in [-0.4, -0.2) is 34.9 Å². The lowest BCUT2D eigenvalue weighted by molar-refractivity contribution is -0.129. The summed E-state index contributed by atoms with van der Waals surface area (Å²) in [7, 11) is 0. The van der Waals surface area contributed by atoms with Crippen molar-refractivity contribution in [1.82, 2.24) is 10.6 Å². The van der Waals surface area contributed by atoms with E-state index in [4.69, 9.17) is 0 Å². The van der Waals surface area contributed by atoms with Crippen molar-refractivity contribution in [3.05, 3.63) is 35.6 Å². The molecule has 2 saturated carbocycles. The van der Waals surface area contributed by atoms with Crippen LogP contribution >= 0.6 is 11.8 Å². The number of fused-ring (bicyclic) bond motifs is 2. The Balaban J connectivity index is 1.28. The van der Waals surface area contributed by atoms with Crippen LogP contribution in [0.15, 0.2) is 24.3 Å². The third-order valence-corrected chi connectivity index (χ3v) is 7.84. The van der Waals surface area contributed by atoms with E-state index in [-0.39, 0.29) is 28.9 Å². The fourth-order valence-electron chi connectivity index (χ4n) is 5.06. The molecule has 6 heteroatoms. The molecule has 4 rings (SSSR count). The standard InChI is InChI=1S/C21H27FN2O2S/c1-12(17-9-14-2-5-15(17)8-14)23-20(25)18-11-27-19(21(26)24-18)10-13-3-6-16(22)7-4-13/h3-4,6-7,12,14-15,17-19H,2,5,8-11H2,1H3,(H,23,25)(H,24,26)/t12-,14-,15-,17+,18-,19+/m1/s1. The largest absolute Gasteiger partial charge is 0.352 e. The molecule has 1 aromatic carbocycles. The molecule has 6 atom stereocenters. The van der Waals surface area contributed by atoms with Crippen LogP contribution in [0.1, 0.15) is 38.2 Å². The Labute approximate surface area is 164 Å². The zero-order chi connectivity index (χ0) is 19.0. The minimum atomic E-state index is -0.465. The Kier molecular flexibility index (Phi) is 5.44. The van der Waals surface area contributed by atoms with Gasteiger partial charge in [0.05, 0.1) is 5.25 Å². The van der Waals surface area contributed by atoms with Gasteiger partial charge in [-0.3, -0.25) is 9.59 Å². The van der Waals surface area contributed by atoms with Gasteiger partial charge in [0.25, 0.3) is 0 Å². The molecule has 4 nitrogen and oxygen atoms in total. The number of halogens is 1. The van der Waals surface area contributed by atoms with Gasteiger partial charge < -0.3 is 10.6 Å². The van der Waals surface area contributed by atoms with Crippen molar-refractivity contribution in [2.45, 2.75) is 56.4 Å². The van der Waals surface area contributed by atoms with Crippen molar-refractivity contribution >= 4 is 23.6 Å². The molecule has 1 aliphatic heterocycles. The van der Waals surface area contributed by atoms with Crippen LogP contribution in [0.2, 0.25) is 0 Å². The van der Waals surface area contributed by atoms with Crippen LogP contribution in [0.25, 0.3) is 0 Å². The summed E-state index contributed by atoms with van der Waals surface area (Å²) in [4.78, 5) is 25.1. The smallest absolute Gasteiger partial charge is 0.243 e. The number of rotatable bonds is 5. The summed E-state index contributed by atoms with van der Waals surface area (Å²) < 4.78 is 13.0. The lowest BCUT2D eigenvalue weighted by Crippen LogP contribution is -2.56. The summed E-state index contributed by atoms with van der Waals surface area (Å²) in [5, 5.41) is 5.81. The molecular formula is C21H27FN2O2S. The van der Waals surface area contributed by atoms with Gasteiger partial charge in [-0.15, -0.1) is 11.8 Å². The summed E-state index contributed by atoms with van der Waals surface area (Å²) >= 11 is 1.51. The minimum Gasteiger partial charge on any atom is -0.352 e. The zero-order valence-electron chi connectivity index (χ0n) is 15.6. The van der Waals surface area contributed by atoms with Crippen LogP contribution in [0.3, 0.4) is 0 Å². The van der Waals surface area contributed by atoms with E-state index in [0.29, 0.717) is 18.1 Å². The first kappa shape index (κ1) is 18.8. The molecule has 0 aromatic heterocycles. The normalized spacial score (nSPS) is 33.6. The SMILES string of the molecule is C[C@@H](NC(=O)[C@H]1CS[C@@H](Cc2ccc(F)cc2)C(=O)N1)[C@@H]1C[C@@H]2CC[C@@H]1C2. The number of carbonyl (C=O) groups is 2. The first-order chi connectivity index (χ1) is 13.0. The first-order valence-corrected chi connectivity index (χ1v) is 11.0. The molecule has 2 aliphatic carbocycles. The fraction of sp³-hybridized carbons (Fsp3) is 0.619. The van der Waals surface area contributed by atoms with Crippen LogP contribution in [-0.2, 0) is 16.0 Å². The van der Waals surface area contributed by atoms with E-state index in [0.717, 1.165) is 17.4 Å². The van der Waals surface area contributed by atoms with Crippen molar-refractivity contribution < 1.29 is 14.0 Å². The molecule has 0 radical (unpaired) electrons. The van der Waals surface area contributed by atoms with Crippen molar-refractivity contribution in [2.75, 3.05) is 5.75 Å². The Morgan fingerprint density at radius 2 is 2.07 bits per heavy atom. The van der Waals surface area contributed by atoms with Gasteiger partial charge in [0.15, 0.2) is 0 Å². The van der Waals surface area contributed by atoms with Crippen LogP contribution in [0.5, 0.6) is 0 Å². The fourth-order valence-corrected chi connectivity index (χ4v) is 6.25. The van der Waals surface area contributed by atoms with Gasteiger partial charge in [0.2, 0.25) is 11.8 Å². The molecule has 146 valence electrons. The monoisotopic (exact) mass is 390 g/mol. The Hall–Kier alpha value is -1.56. The topological polar surface area (TPSA) is 58.2 Å². The summed E-state index contributed by atoms with van der Waals surface area (Å²) in [6.07, 6.45) is 5.76. The molecule has 1 aromatic rings. The van der Waals surface area contributed by atoms with E-state index < -0.39 is 6.04 Å². The first-order valence-electron chi connectivity index (χ1n) is 9.96. The number of nitrogens with one attached hydrogen (secondary N) is 2. The van der Waals surface area contributed by atoms with Gasteiger partial charge in [0.1, 0.15) is 11.9 Å². The van der Waals surface area contributed by atoms with E-state index in [1.807, 2.05) is 0 Å². The highest BCUT2D eigenvalue weighted by Gasteiger charge is 2.42. The van der Waals surface area contributed by atoms with E-state index in [9.17, 15) is 14.0 Å². The molecular weight excluding hydrogens is 363 g/mol. The maximum Gasteiger partial charge on any atom is 0.243 e. The quantitative estimate of drug-likeness (QED) is 0.813. The highest BCUT2D eigenvalue weighted by molar-refractivity contribution is 8.00. The summed E-state index contributed by atoms with van der Waals surface area (Å²) in [6, 6.07) is 5.94. The van der Waals surface area contributed by atoms with Crippen LogP contribution in [0.4, 0.5) is 4.39 Å². The van der Waals surface area contributed by atoms with Crippen molar-refractivity contribution in [2.24, 2.45) is 17.8 Å². The molecule has 27 heavy (non-hydrogen) atoms. The molecule has 0 unspecified atom stereocenters. The Bertz CT molecular complexity index is 711. The Morgan fingerprint density at radius 1 is 1.30 bits per heavy atom. The molecule has 1 heterocycles. The Morgan fingerprint density at radius 3 is 2.70 bits per heavy atom. The van der Waals surface area contributed by atoms with Gasteiger partial charge >= 0.3 is 0 Å². The van der Waals surface area contributed by atoms with E-state index in [2.05, 4.69) is 17.6 Å². The lowest BCUT2D eigenvalue weighted by Gasteiger charge is -2.32. The van der Waals surface area contributed by atoms with Gasteiger partial charge in [0, 0.05) is 11.8 Å². The highest BCUT2D eigenvalue weighted by Crippen LogP contribution is 2.49. The van der Waals surface area contributed by atoms with Crippen molar-refractivity contribution in [1.29, 1.82) is 0 Å². The van der Waals surface area contributed by atoms with Crippen molar-refractivity contribution in [3.8, 4) is 0 Å². The van der Waals surface area contributed by atoms with Crippen LogP contribution in [0, 0.1) is 23.6 Å². The molecule has 2 N–H and O–H groups in total. The van der Waals surface area contributed by atoms with Gasteiger partial charge in [-0.1, -0.05) is 18.6 Å². The average molecular weight is 391 g/mol. The second-order valence-electron chi connectivity index (χ2n) is 8.35. The number of amides is 2. The van der Waals surface area contributed by atoms with Gasteiger partial charge in [-0.25, -0.2) is 4.39 Å². The van der Waals surface area contributed by atoms with E-state index in [1.54, 1.807) is 12.1 Å². The van der Waals surface area contributed by atoms with Gasteiger partial charge in [-0.05, 0) is 68.1 Å². The lowest BCUT2D eigenvalue weighted by atomic mass is 9.84. The summed E-state index contributed by atoms with van der Waals surface area (Å²) in [6.45, 7) is 2.11. The zero-order valence-corrected chi connectivity index (χ0v) is 16.4. The summed E-state index contributed by atoms with van der Waals surface area (Å²) in [5.41, 5.74) is 0.928. The maximum atomic E-state index is 13.0. The molecule has 2 amide bonds. The molecule has 1 saturated heterocycles. The third-order valence-electron chi connectivity index (χ3n) is 6.53. The van der Waals surface area contributed by atoms with E-state index >= 15 is 0 Å². The van der Waals surface area contributed by atoms with Crippen LogP contribution < -0.4 is 10.6 Å². The molecule has 3 aliphatic rings. The number of hydrogen-bond donors (Lipinski definition) is 2. The number of carbonyl (C=O) groups excluding carboxylic acids is 2. The number of thioether (sulfide) groups is 1. The molecule has 3 fully saturated rings. The predicted molar refractivity (Wildman–Crippen MR) is 105 cm³/mol. The third kappa shape index (κ3) is 4.15. The second-order valence-corrected chi connectivity index (χ2v) is 9.59. The number of benzene rings is 1. The maximum absolute atomic E-state index is 13.0. The second kappa shape index (κ2) is 7.82. The highest BCUT2D eigenvalue weighted by atomic mass is 32.2. The molecule has 2 bridgehead atoms. The van der Waals surface area contributed by atoms with E-state index in [1.165, 1.54) is 49.6 Å². The average Bonchev–Trinajstić information content (AvgIpc) is 3.28.